The van der Waals surface area contributed by atoms with Crippen LogP contribution in [0.2, 0.25) is 0 Å². The lowest BCUT2D eigenvalue weighted by atomic mass is 9.60. The quantitative estimate of drug-likeness (QED) is 0.516. The fourth-order valence-electron chi connectivity index (χ4n) is 2.63. The van der Waals surface area contributed by atoms with Crippen LogP contribution < -0.4 is 0 Å². The van der Waals surface area contributed by atoms with Gasteiger partial charge in [-0.25, -0.2) is 0 Å². The van der Waals surface area contributed by atoms with E-state index in [2.05, 4.69) is 27.4 Å². The molecule has 0 aromatic carbocycles. The van der Waals surface area contributed by atoms with E-state index in [1.54, 1.807) is 6.08 Å². The van der Waals surface area contributed by atoms with Crippen molar-refractivity contribution in [3.8, 4) is 0 Å². The topological polar surface area (TPSA) is 17.1 Å². The molecule has 1 aliphatic rings. The summed E-state index contributed by atoms with van der Waals surface area (Å²) in [5.41, 5.74) is 1.17. The molecule has 2 atom stereocenters. The molecule has 1 saturated carbocycles. The van der Waals surface area contributed by atoms with E-state index in [4.69, 9.17) is 0 Å². The van der Waals surface area contributed by atoms with E-state index in [1.165, 1.54) is 0 Å². The second kappa shape index (κ2) is 4.99. The first-order valence-corrected chi connectivity index (χ1v) is 6.29. The molecule has 0 aliphatic heterocycles. The molecule has 0 amide bonds. The molecule has 0 radical (unpaired) electrons. The summed E-state index contributed by atoms with van der Waals surface area (Å²) < 4.78 is 0. The Morgan fingerprint density at radius 1 is 1.56 bits per heavy atom. The van der Waals surface area contributed by atoms with E-state index in [1.807, 2.05) is 13.0 Å². The van der Waals surface area contributed by atoms with Gasteiger partial charge in [-0.3, -0.25) is 4.79 Å². The highest BCUT2D eigenvalue weighted by Crippen LogP contribution is 2.47. The first-order chi connectivity index (χ1) is 7.41. The van der Waals surface area contributed by atoms with Crippen molar-refractivity contribution in [2.45, 2.75) is 47.0 Å². The summed E-state index contributed by atoms with van der Waals surface area (Å²) in [6.07, 6.45) is 6.77. The Balaban J connectivity index is 2.93. The Hall–Kier alpha value is -0.850. The molecule has 0 bridgehead atoms. The van der Waals surface area contributed by atoms with Crippen molar-refractivity contribution in [1.29, 1.82) is 0 Å². The molecule has 1 fully saturated rings. The average Bonchev–Trinajstić information content (AvgIpc) is 2.21. The van der Waals surface area contributed by atoms with Crippen molar-refractivity contribution in [2.24, 2.45) is 17.3 Å². The zero-order valence-electron chi connectivity index (χ0n) is 11.0. The summed E-state index contributed by atoms with van der Waals surface area (Å²) in [5.74, 6) is 0.837. The number of ketones is 1. The Bertz CT molecular complexity index is 309. The number of carbonyl (C=O) groups excluding carboxylic acids is 1. The summed E-state index contributed by atoms with van der Waals surface area (Å²) in [6.45, 7) is 12.8. The summed E-state index contributed by atoms with van der Waals surface area (Å²) in [7, 11) is 0. The average molecular weight is 220 g/mol. The Morgan fingerprint density at radius 2 is 2.19 bits per heavy atom. The Morgan fingerprint density at radius 3 is 2.75 bits per heavy atom. The summed E-state index contributed by atoms with van der Waals surface area (Å²) in [6, 6.07) is 0. The normalized spacial score (nSPS) is 29.6. The fraction of sp³-hybridized carbons (Fsp3) is 0.667. The highest BCUT2D eigenvalue weighted by molar-refractivity contribution is 5.94. The van der Waals surface area contributed by atoms with Crippen LogP contribution in [0.4, 0.5) is 0 Å². The molecule has 16 heavy (non-hydrogen) atoms. The number of hydrogen-bond donors (Lipinski definition) is 0. The number of allylic oxidation sites excluding steroid dienone is 3. The first kappa shape index (κ1) is 13.2. The van der Waals surface area contributed by atoms with Gasteiger partial charge in [-0.1, -0.05) is 45.9 Å². The van der Waals surface area contributed by atoms with Crippen molar-refractivity contribution in [2.75, 3.05) is 0 Å². The predicted molar refractivity (Wildman–Crippen MR) is 69.2 cm³/mol. The van der Waals surface area contributed by atoms with Gasteiger partial charge in [0, 0.05) is 5.92 Å². The molecule has 0 aromatic rings. The molecule has 0 unspecified atom stereocenters. The highest BCUT2D eigenvalue weighted by atomic mass is 16.1. The summed E-state index contributed by atoms with van der Waals surface area (Å²) in [5, 5.41) is 0. The number of rotatable bonds is 3. The summed E-state index contributed by atoms with van der Waals surface area (Å²) in [4.78, 5) is 12.2. The van der Waals surface area contributed by atoms with Crippen LogP contribution in [-0.4, -0.2) is 5.78 Å². The third kappa shape index (κ3) is 2.45. The van der Waals surface area contributed by atoms with Crippen LogP contribution >= 0.6 is 0 Å². The Kier molecular flexibility index (Phi) is 4.12. The lowest BCUT2D eigenvalue weighted by Crippen LogP contribution is -2.40. The van der Waals surface area contributed by atoms with E-state index in [9.17, 15) is 4.79 Å². The molecule has 0 N–H and O–H groups in total. The van der Waals surface area contributed by atoms with Crippen LogP contribution in [0.1, 0.15) is 47.0 Å². The third-order valence-corrected chi connectivity index (χ3v) is 4.12. The van der Waals surface area contributed by atoms with E-state index in [0.29, 0.717) is 5.92 Å². The smallest absolute Gasteiger partial charge is 0.163 e. The lowest BCUT2D eigenvalue weighted by Gasteiger charge is -2.43. The molecule has 0 spiro atoms. The molecule has 1 rings (SSSR count). The van der Waals surface area contributed by atoms with Gasteiger partial charge in [0.25, 0.3) is 0 Å². The monoisotopic (exact) mass is 220 g/mol. The van der Waals surface area contributed by atoms with Crippen molar-refractivity contribution >= 4 is 5.78 Å². The maximum atomic E-state index is 12.2. The standard InChI is InChI=1S/C15H24O/c1-6-7-8-13(16)14-11(2)9-10-12(3)15(14,4)5/h7-8,12,14H,2,6,9-10H2,1,3-5H3/b8-7+/t12-,14+/m1/s1. The van der Waals surface area contributed by atoms with Gasteiger partial charge in [0.05, 0.1) is 0 Å². The SMILES string of the molecule is C=C1CC[C@@H](C)C(C)(C)[C@@H]1C(=O)/C=C/CC. The van der Waals surface area contributed by atoms with Crippen LogP contribution in [0.3, 0.4) is 0 Å². The molecule has 0 aromatic heterocycles. The van der Waals surface area contributed by atoms with Gasteiger partial charge in [-0.2, -0.15) is 0 Å². The molecule has 1 heteroatoms. The van der Waals surface area contributed by atoms with Crippen LogP contribution in [0, 0.1) is 17.3 Å². The van der Waals surface area contributed by atoms with E-state index < -0.39 is 0 Å². The van der Waals surface area contributed by atoms with Crippen LogP contribution in [0.25, 0.3) is 0 Å². The molecule has 1 nitrogen and oxygen atoms in total. The van der Waals surface area contributed by atoms with Gasteiger partial charge in [-0.15, -0.1) is 0 Å². The van der Waals surface area contributed by atoms with Crippen molar-refractivity contribution in [3.63, 3.8) is 0 Å². The van der Waals surface area contributed by atoms with Gasteiger partial charge in [0.2, 0.25) is 0 Å². The van der Waals surface area contributed by atoms with Gasteiger partial charge >= 0.3 is 0 Å². The minimum atomic E-state index is 0.0130. The predicted octanol–water partition coefficient (Wildman–Crippen LogP) is 4.15. The lowest BCUT2D eigenvalue weighted by molar-refractivity contribution is -0.122. The molecule has 1 aliphatic carbocycles. The zero-order chi connectivity index (χ0) is 12.3. The second-order valence-electron chi connectivity index (χ2n) is 5.57. The van der Waals surface area contributed by atoms with Gasteiger partial charge < -0.3 is 0 Å². The number of carbonyl (C=O) groups is 1. The molecular weight excluding hydrogens is 196 g/mol. The highest BCUT2D eigenvalue weighted by Gasteiger charge is 2.42. The van der Waals surface area contributed by atoms with Gasteiger partial charge in [0.1, 0.15) is 0 Å². The van der Waals surface area contributed by atoms with Gasteiger partial charge in [-0.05, 0) is 36.7 Å². The van der Waals surface area contributed by atoms with Crippen LogP contribution in [-0.2, 0) is 4.79 Å². The molecular formula is C15H24O. The first-order valence-electron chi connectivity index (χ1n) is 6.29. The van der Waals surface area contributed by atoms with Crippen molar-refractivity contribution in [1.82, 2.24) is 0 Å². The molecule has 90 valence electrons. The molecule has 0 heterocycles. The number of hydrogen-bond acceptors (Lipinski definition) is 1. The zero-order valence-corrected chi connectivity index (χ0v) is 11.0. The van der Waals surface area contributed by atoms with Crippen LogP contribution in [0.5, 0.6) is 0 Å². The Labute approximate surface area is 99.6 Å². The minimum Gasteiger partial charge on any atom is -0.294 e. The van der Waals surface area contributed by atoms with Gasteiger partial charge in [0.15, 0.2) is 5.78 Å². The molecule has 0 saturated heterocycles. The largest absolute Gasteiger partial charge is 0.294 e. The van der Waals surface area contributed by atoms with E-state index in [0.717, 1.165) is 24.8 Å². The van der Waals surface area contributed by atoms with E-state index in [-0.39, 0.29) is 17.1 Å². The maximum Gasteiger partial charge on any atom is 0.163 e. The second-order valence-corrected chi connectivity index (χ2v) is 5.57. The third-order valence-electron chi connectivity index (χ3n) is 4.12. The fourth-order valence-corrected chi connectivity index (χ4v) is 2.63. The summed E-state index contributed by atoms with van der Waals surface area (Å²) >= 11 is 0. The van der Waals surface area contributed by atoms with Crippen molar-refractivity contribution in [3.05, 3.63) is 24.3 Å². The van der Waals surface area contributed by atoms with E-state index >= 15 is 0 Å². The van der Waals surface area contributed by atoms with Crippen molar-refractivity contribution < 1.29 is 4.79 Å². The van der Waals surface area contributed by atoms with Crippen LogP contribution in [0.15, 0.2) is 24.3 Å². The maximum absolute atomic E-state index is 12.2. The minimum absolute atomic E-state index is 0.0130.